The molecule has 0 aliphatic carbocycles. The molecule has 0 saturated carbocycles. The third kappa shape index (κ3) is 4.55. The second-order valence-electron chi connectivity index (χ2n) is 5.78. The van der Waals surface area contributed by atoms with E-state index in [1.165, 1.54) is 16.7 Å². The molecule has 2 aromatic rings. The third-order valence-corrected chi connectivity index (χ3v) is 3.86. The van der Waals surface area contributed by atoms with E-state index in [0.717, 1.165) is 29.8 Å². The monoisotopic (exact) mass is 311 g/mol. The van der Waals surface area contributed by atoms with Gasteiger partial charge < -0.3 is 10.6 Å². The Kier molecular flexibility index (Phi) is 5.74. The first-order chi connectivity index (χ1) is 11.0. The van der Waals surface area contributed by atoms with E-state index in [4.69, 9.17) is 0 Å². The summed E-state index contributed by atoms with van der Waals surface area (Å²) in [5, 5.41) is 5.94. The lowest BCUT2D eigenvalue weighted by atomic mass is 10.00. The summed E-state index contributed by atoms with van der Waals surface area (Å²) in [7, 11) is 0. The second kappa shape index (κ2) is 7.77. The molecule has 2 N–H and O–H groups in total. The summed E-state index contributed by atoms with van der Waals surface area (Å²) in [6.07, 6.45) is 3.55. The summed E-state index contributed by atoms with van der Waals surface area (Å²) < 4.78 is 0. The topological polar surface area (TPSA) is 54.0 Å². The van der Waals surface area contributed by atoms with Crippen LogP contribution in [0.5, 0.6) is 0 Å². The van der Waals surface area contributed by atoms with Crippen LogP contribution in [0.1, 0.15) is 41.8 Å². The minimum atomic E-state index is -0.173. The molecule has 23 heavy (non-hydrogen) atoms. The number of pyridine rings is 1. The van der Waals surface area contributed by atoms with Gasteiger partial charge >= 0.3 is 6.03 Å². The number of anilines is 1. The Labute approximate surface area is 138 Å². The van der Waals surface area contributed by atoms with Crippen LogP contribution in [0.2, 0.25) is 0 Å². The molecule has 0 aliphatic rings. The smallest absolute Gasteiger partial charge is 0.319 e. The molecule has 0 fully saturated rings. The lowest BCUT2D eigenvalue weighted by molar-refractivity contribution is 0.251. The molecular formula is C19H25N3O. The van der Waals surface area contributed by atoms with Crippen LogP contribution >= 0.6 is 0 Å². The SMILES string of the molecule is CCc1cc(C)cc(CC)c1NC(=O)NCc1ccnc(C)c1. The number of nitrogens with one attached hydrogen (secondary N) is 2. The van der Waals surface area contributed by atoms with Crippen LogP contribution in [0.4, 0.5) is 10.5 Å². The Hall–Kier alpha value is -2.36. The molecular weight excluding hydrogens is 286 g/mol. The fourth-order valence-electron chi connectivity index (χ4n) is 2.71. The first-order valence-electron chi connectivity index (χ1n) is 8.12. The molecule has 122 valence electrons. The summed E-state index contributed by atoms with van der Waals surface area (Å²) in [5.41, 5.74) is 6.53. The number of hydrogen-bond donors (Lipinski definition) is 2. The Morgan fingerprint density at radius 3 is 2.30 bits per heavy atom. The van der Waals surface area contributed by atoms with Crippen molar-refractivity contribution in [2.75, 3.05) is 5.32 Å². The lowest BCUT2D eigenvalue weighted by Crippen LogP contribution is -2.29. The first kappa shape index (κ1) is 17.0. The van der Waals surface area contributed by atoms with Gasteiger partial charge in [-0.15, -0.1) is 0 Å². The predicted octanol–water partition coefficient (Wildman–Crippen LogP) is 4.14. The Balaban J connectivity index is 2.08. The van der Waals surface area contributed by atoms with Crippen LogP contribution in [-0.2, 0) is 19.4 Å². The average Bonchev–Trinajstić information content (AvgIpc) is 2.54. The third-order valence-electron chi connectivity index (χ3n) is 3.86. The molecule has 0 unspecified atom stereocenters. The van der Waals surface area contributed by atoms with E-state index < -0.39 is 0 Å². The van der Waals surface area contributed by atoms with E-state index in [9.17, 15) is 4.79 Å². The van der Waals surface area contributed by atoms with E-state index in [0.29, 0.717) is 6.54 Å². The number of hydrogen-bond acceptors (Lipinski definition) is 2. The average molecular weight is 311 g/mol. The minimum Gasteiger partial charge on any atom is -0.334 e. The van der Waals surface area contributed by atoms with Crippen LogP contribution in [0.3, 0.4) is 0 Å². The van der Waals surface area contributed by atoms with Crippen molar-refractivity contribution in [3.8, 4) is 0 Å². The Morgan fingerprint density at radius 2 is 1.74 bits per heavy atom. The van der Waals surface area contributed by atoms with E-state index in [2.05, 4.69) is 48.5 Å². The second-order valence-corrected chi connectivity index (χ2v) is 5.78. The molecule has 2 rings (SSSR count). The molecule has 0 bridgehead atoms. The number of rotatable bonds is 5. The van der Waals surface area contributed by atoms with E-state index >= 15 is 0 Å². The van der Waals surface area contributed by atoms with E-state index in [1.807, 2.05) is 19.1 Å². The standard InChI is InChI=1S/C19H25N3O/c1-5-16-9-13(3)10-17(6-2)18(16)22-19(23)21-12-15-7-8-20-14(4)11-15/h7-11H,5-6,12H2,1-4H3,(H2,21,22,23). The maximum absolute atomic E-state index is 12.3. The Morgan fingerprint density at radius 1 is 1.09 bits per heavy atom. The van der Waals surface area contributed by atoms with Gasteiger partial charge in [0, 0.05) is 24.1 Å². The highest BCUT2D eigenvalue weighted by atomic mass is 16.2. The largest absolute Gasteiger partial charge is 0.334 e. The van der Waals surface area contributed by atoms with Gasteiger partial charge in [0.25, 0.3) is 0 Å². The quantitative estimate of drug-likeness (QED) is 0.871. The van der Waals surface area contributed by atoms with Crippen LogP contribution in [0.15, 0.2) is 30.5 Å². The van der Waals surface area contributed by atoms with Crippen molar-refractivity contribution in [1.29, 1.82) is 0 Å². The van der Waals surface area contributed by atoms with Crippen LogP contribution < -0.4 is 10.6 Å². The summed E-state index contributed by atoms with van der Waals surface area (Å²) in [5.74, 6) is 0. The van der Waals surface area contributed by atoms with E-state index in [1.54, 1.807) is 6.20 Å². The fourth-order valence-corrected chi connectivity index (χ4v) is 2.71. The highest BCUT2D eigenvalue weighted by Gasteiger charge is 2.11. The number of nitrogens with zero attached hydrogens (tertiary/aromatic N) is 1. The zero-order chi connectivity index (χ0) is 16.8. The molecule has 4 nitrogen and oxygen atoms in total. The summed E-state index contributed by atoms with van der Waals surface area (Å²) in [6.45, 7) is 8.74. The van der Waals surface area contributed by atoms with Crippen molar-refractivity contribution in [1.82, 2.24) is 10.3 Å². The van der Waals surface area contributed by atoms with Gasteiger partial charge in [-0.3, -0.25) is 4.98 Å². The lowest BCUT2D eigenvalue weighted by Gasteiger charge is -2.16. The van der Waals surface area contributed by atoms with Gasteiger partial charge in [0.2, 0.25) is 0 Å². The normalized spacial score (nSPS) is 10.4. The molecule has 1 aromatic heterocycles. The Bertz CT molecular complexity index is 670. The molecule has 1 aromatic carbocycles. The first-order valence-corrected chi connectivity index (χ1v) is 8.12. The van der Waals surface area contributed by atoms with E-state index in [-0.39, 0.29) is 6.03 Å². The predicted molar refractivity (Wildman–Crippen MR) is 94.8 cm³/mol. The number of carbonyl (C=O) groups is 1. The number of carbonyl (C=O) groups excluding carboxylic acids is 1. The molecule has 2 amide bonds. The van der Waals surface area contributed by atoms with Crippen molar-refractivity contribution in [3.63, 3.8) is 0 Å². The van der Waals surface area contributed by atoms with Crippen LogP contribution in [-0.4, -0.2) is 11.0 Å². The zero-order valence-electron chi connectivity index (χ0n) is 14.4. The van der Waals surface area contributed by atoms with Gasteiger partial charge in [-0.05, 0) is 55.5 Å². The number of aryl methyl sites for hydroxylation is 4. The summed E-state index contributed by atoms with van der Waals surface area (Å²) in [6, 6.07) is 7.99. The maximum atomic E-state index is 12.3. The highest BCUT2D eigenvalue weighted by molar-refractivity contribution is 5.91. The number of amides is 2. The van der Waals surface area contributed by atoms with Crippen molar-refractivity contribution in [2.24, 2.45) is 0 Å². The maximum Gasteiger partial charge on any atom is 0.319 e. The van der Waals surface area contributed by atoms with Gasteiger partial charge in [0.15, 0.2) is 0 Å². The van der Waals surface area contributed by atoms with Crippen molar-refractivity contribution in [3.05, 3.63) is 58.4 Å². The van der Waals surface area contributed by atoms with Crippen molar-refractivity contribution in [2.45, 2.75) is 47.1 Å². The molecule has 0 atom stereocenters. The molecule has 0 spiro atoms. The highest BCUT2D eigenvalue weighted by Crippen LogP contribution is 2.24. The van der Waals surface area contributed by atoms with Crippen LogP contribution in [0.25, 0.3) is 0 Å². The summed E-state index contributed by atoms with van der Waals surface area (Å²) >= 11 is 0. The molecule has 0 radical (unpaired) electrons. The molecule has 0 aliphatic heterocycles. The zero-order valence-corrected chi connectivity index (χ0v) is 14.4. The molecule has 0 saturated heterocycles. The van der Waals surface area contributed by atoms with Crippen LogP contribution in [0, 0.1) is 13.8 Å². The number of aromatic nitrogens is 1. The number of urea groups is 1. The van der Waals surface area contributed by atoms with Gasteiger partial charge in [-0.1, -0.05) is 31.5 Å². The van der Waals surface area contributed by atoms with Gasteiger partial charge in [-0.25, -0.2) is 4.79 Å². The fraction of sp³-hybridized carbons (Fsp3) is 0.368. The number of benzene rings is 1. The van der Waals surface area contributed by atoms with Crippen molar-refractivity contribution < 1.29 is 4.79 Å². The molecule has 1 heterocycles. The van der Waals surface area contributed by atoms with Gasteiger partial charge in [0.1, 0.15) is 0 Å². The molecule has 4 heteroatoms. The summed E-state index contributed by atoms with van der Waals surface area (Å²) in [4.78, 5) is 16.4. The van der Waals surface area contributed by atoms with Gasteiger partial charge in [0.05, 0.1) is 0 Å². The minimum absolute atomic E-state index is 0.173. The van der Waals surface area contributed by atoms with Gasteiger partial charge in [-0.2, -0.15) is 0 Å². The van der Waals surface area contributed by atoms with Crippen molar-refractivity contribution >= 4 is 11.7 Å².